The molecule has 3 nitrogen and oxygen atoms in total. The third kappa shape index (κ3) is 3.78. The average molecular weight is 317 g/mol. The lowest BCUT2D eigenvalue weighted by Gasteiger charge is -2.13. The number of pyridine rings is 1. The summed E-state index contributed by atoms with van der Waals surface area (Å²) >= 11 is 6.06. The van der Waals surface area contributed by atoms with Gasteiger partial charge in [-0.2, -0.15) is 13.2 Å². The highest BCUT2D eigenvalue weighted by Gasteiger charge is 2.32. The normalized spacial score (nSPS) is 11.3. The summed E-state index contributed by atoms with van der Waals surface area (Å²) in [6.07, 6.45) is -4.47. The number of aromatic nitrogens is 1. The van der Waals surface area contributed by atoms with Gasteiger partial charge in [-0.1, -0.05) is 23.7 Å². The van der Waals surface area contributed by atoms with E-state index in [-0.39, 0.29) is 12.4 Å². The fraction of sp³-hybridized carbons (Fsp3) is 0.214. The summed E-state index contributed by atoms with van der Waals surface area (Å²) in [5, 5.41) is 3.28. The predicted molar refractivity (Wildman–Crippen MR) is 74.6 cm³/mol. The first-order valence-corrected chi connectivity index (χ1v) is 6.39. The summed E-state index contributed by atoms with van der Waals surface area (Å²) in [7, 11) is 1.50. The van der Waals surface area contributed by atoms with Crippen molar-refractivity contribution in [2.24, 2.45) is 0 Å². The summed E-state index contributed by atoms with van der Waals surface area (Å²) in [6, 6.07) is 8.80. The van der Waals surface area contributed by atoms with Crippen LogP contribution in [0.3, 0.4) is 0 Å². The van der Waals surface area contributed by atoms with Gasteiger partial charge in [0.2, 0.25) is 0 Å². The zero-order valence-corrected chi connectivity index (χ0v) is 11.8. The number of halogens is 4. The summed E-state index contributed by atoms with van der Waals surface area (Å²) in [6.45, 7) is 0.206. The Morgan fingerprint density at radius 3 is 2.57 bits per heavy atom. The van der Waals surface area contributed by atoms with Crippen molar-refractivity contribution >= 4 is 17.4 Å². The molecule has 0 saturated carbocycles. The maximum Gasteiger partial charge on any atom is 0.433 e. The van der Waals surface area contributed by atoms with Crippen LogP contribution >= 0.6 is 11.6 Å². The van der Waals surface area contributed by atoms with E-state index >= 15 is 0 Å². The molecule has 112 valence electrons. The molecular weight excluding hydrogens is 305 g/mol. The van der Waals surface area contributed by atoms with Crippen molar-refractivity contribution in [1.29, 1.82) is 0 Å². The molecule has 1 N–H and O–H groups in total. The van der Waals surface area contributed by atoms with Crippen LogP contribution in [-0.4, -0.2) is 12.1 Å². The van der Waals surface area contributed by atoms with Crippen molar-refractivity contribution in [1.82, 2.24) is 4.98 Å². The van der Waals surface area contributed by atoms with E-state index in [0.717, 1.165) is 6.07 Å². The monoisotopic (exact) mass is 316 g/mol. The molecule has 2 aromatic rings. The number of hydrogen-bond acceptors (Lipinski definition) is 3. The second-order valence-corrected chi connectivity index (χ2v) is 4.59. The van der Waals surface area contributed by atoms with E-state index in [4.69, 9.17) is 16.3 Å². The van der Waals surface area contributed by atoms with Crippen molar-refractivity contribution in [3.63, 3.8) is 0 Å². The van der Waals surface area contributed by atoms with E-state index in [2.05, 4.69) is 10.3 Å². The van der Waals surface area contributed by atoms with Crippen LogP contribution in [0.25, 0.3) is 0 Å². The molecule has 1 heterocycles. The van der Waals surface area contributed by atoms with Gasteiger partial charge in [0.25, 0.3) is 0 Å². The molecule has 0 atom stereocenters. The number of nitrogens with one attached hydrogen (secondary N) is 1. The average Bonchev–Trinajstić information content (AvgIpc) is 2.45. The van der Waals surface area contributed by atoms with Gasteiger partial charge in [-0.05, 0) is 24.3 Å². The molecule has 0 radical (unpaired) electrons. The fourth-order valence-corrected chi connectivity index (χ4v) is 2.00. The fourth-order valence-electron chi connectivity index (χ4n) is 1.77. The van der Waals surface area contributed by atoms with E-state index in [1.54, 1.807) is 18.2 Å². The van der Waals surface area contributed by atoms with Crippen LogP contribution in [0.2, 0.25) is 5.02 Å². The summed E-state index contributed by atoms with van der Waals surface area (Å²) in [5.41, 5.74) is -0.292. The smallest absolute Gasteiger partial charge is 0.433 e. The Bertz CT molecular complexity index is 632. The minimum absolute atomic E-state index is 0.117. The number of rotatable bonds is 4. The molecule has 0 amide bonds. The standard InChI is InChI=1S/C14H12ClF3N2O/c1-21-11-5-2-4-10(15)9(11)8-19-13-7-3-6-12(20-13)14(16,17)18/h2-7H,8H2,1H3,(H,19,20). The minimum atomic E-state index is -4.47. The van der Waals surface area contributed by atoms with Crippen molar-refractivity contribution < 1.29 is 17.9 Å². The first kappa shape index (κ1) is 15.4. The van der Waals surface area contributed by atoms with E-state index < -0.39 is 11.9 Å². The molecule has 1 aromatic carbocycles. The van der Waals surface area contributed by atoms with Gasteiger partial charge in [0.1, 0.15) is 17.3 Å². The summed E-state index contributed by atoms with van der Waals surface area (Å²) in [5.74, 6) is 0.675. The lowest BCUT2D eigenvalue weighted by atomic mass is 10.2. The molecule has 0 saturated heterocycles. The minimum Gasteiger partial charge on any atom is -0.496 e. The van der Waals surface area contributed by atoms with Gasteiger partial charge in [-0.25, -0.2) is 4.98 Å². The van der Waals surface area contributed by atoms with Crippen LogP contribution in [0.4, 0.5) is 19.0 Å². The number of hydrogen-bond donors (Lipinski definition) is 1. The quantitative estimate of drug-likeness (QED) is 0.909. The number of methoxy groups -OCH3 is 1. The van der Waals surface area contributed by atoms with Crippen LogP contribution in [0.1, 0.15) is 11.3 Å². The van der Waals surface area contributed by atoms with Gasteiger partial charge >= 0.3 is 6.18 Å². The highest BCUT2D eigenvalue weighted by atomic mass is 35.5. The number of alkyl halides is 3. The largest absolute Gasteiger partial charge is 0.496 e. The maximum absolute atomic E-state index is 12.6. The Balaban J connectivity index is 2.18. The third-order valence-electron chi connectivity index (χ3n) is 2.78. The number of anilines is 1. The molecule has 1 aromatic heterocycles. The molecule has 0 fully saturated rings. The number of ether oxygens (including phenoxy) is 1. The van der Waals surface area contributed by atoms with Gasteiger partial charge in [0, 0.05) is 17.1 Å². The summed E-state index contributed by atoms with van der Waals surface area (Å²) < 4.78 is 42.9. The maximum atomic E-state index is 12.6. The molecular formula is C14H12ClF3N2O. The lowest BCUT2D eigenvalue weighted by molar-refractivity contribution is -0.141. The van der Waals surface area contributed by atoms with E-state index in [1.165, 1.54) is 19.2 Å². The molecule has 2 rings (SSSR count). The molecule has 0 spiro atoms. The highest BCUT2D eigenvalue weighted by Crippen LogP contribution is 2.29. The molecule has 0 aliphatic carbocycles. The van der Waals surface area contributed by atoms with Crippen molar-refractivity contribution in [2.45, 2.75) is 12.7 Å². The van der Waals surface area contributed by atoms with Crippen LogP contribution in [0.5, 0.6) is 5.75 Å². The zero-order valence-electron chi connectivity index (χ0n) is 11.0. The molecule has 7 heteroatoms. The van der Waals surface area contributed by atoms with Crippen molar-refractivity contribution in [3.8, 4) is 5.75 Å². The van der Waals surface area contributed by atoms with Crippen LogP contribution < -0.4 is 10.1 Å². The van der Waals surface area contributed by atoms with Gasteiger partial charge in [0.05, 0.1) is 7.11 Å². The van der Waals surface area contributed by atoms with Crippen LogP contribution in [0, 0.1) is 0 Å². The van der Waals surface area contributed by atoms with Gasteiger partial charge in [-0.15, -0.1) is 0 Å². The van der Waals surface area contributed by atoms with Gasteiger partial charge < -0.3 is 10.1 Å². The zero-order chi connectivity index (χ0) is 15.5. The number of nitrogens with zero attached hydrogens (tertiary/aromatic N) is 1. The lowest BCUT2D eigenvalue weighted by Crippen LogP contribution is -2.10. The van der Waals surface area contributed by atoms with Crippen LogP contribution in [-0.2, 0) is 12.7 Å². The Labute approximate surface area is 124 Å². The Morgan fingerprint density at radius 1 is 1.19 bits per heavy atom. The third-order valence-corrected chi connectivity index (χ3v) is 3.14. The SMILES string of the molecule is COc1cccc(Cl)c1CNc1cccc(C(F)(F)F)n1. The first-order chi connectivity index (χ1) is 9.91. The Morgan fingerprint density at radius 2 is 1.90 bits per heavy atom. The molecule has 0 aliphatic rings. The van der Waals surface area contributed by atoms with E-state index in [0.29, 0.717) is 16.3 Å². The Kier molecular flexibility index (Phi) is 4.57. The first-order valence-electron chi connectivity index (χ1n) is 6.01. The van der Waals surface area contributed by atoms with E-state index in [1.807, 2.05) is 0 Å². The molecule has 0 unspecified atom stereocenters. The topological polar surface area (TPSA) is 34.1 Å². The van der Waals surface area contributed by atoms with Crippen LogP contribution in [0.15, 0.2) is 36.4 Å². The number of benzene rings is 1. The Hall–Kier alpha value is -1.95. The van der Waals surface area contributed by atoms with Crippen molar-refractivity contribution in [3.05, 3.63) is 52.7 Å². The van der Waals surface area contributed by atoms with Gasteiger partial charge in [0.15, 0.2) is 0 Å². The van der Waals surface area contributed by atoms with E-state index in [9.17, 15) is 13.2 Å². The molecule has 0 bridgehead atoms. The summed E-state index contributed by atoms with van der Waals surface area (Å²) in [4.78, 5) is 3.52. The van der Waals surface area contributed by atoms with Crippen molar-refractivity contribution in [2.75, 3.05) is 12.4 Å². The molecule has 21 heavy (non-hydrogen) atoms. The predicted octanol–water partition coefficient (Wildman–Crippen LogP) is 4.37. The van der Waals surface area contributed by atoms with Gasteiger partial charge in [-0.3, -0.25) is 0 Å². The molecule has 0 aliphatic heterocycles. The second kappa shape index (κ2) is 6.22. The highest BCUT2D eigenvalue weighted by molar-refractivity contribution is 6.31. The second-order valence-electron chi connectivity index (χ2n) is 4.18.